The van der Waals surface area contributed by atoms with Crippen LogP contribution in [0.25, 0.3) is 22.0 Å². The van der Waals surface area contributed by atoms with Crippen molar-refractivity contribution in [2.24, 2.45) is 0 Å². The molecule has 1 aliphatic rings. The summed E-state index contributed by atoms with van der Waals surface area (Å²) in [6.45, 7) is 3.63. The zero-order valence-electron chi connectivity index (χ0n) is 16.8. The lowest BCUT2D eigenvalue weighted by molar-refractivity contribution is -0.133. The van der Waals surface area contributed by atoms with Crippen LogP contribution in [0.4, 0.5) is 5.82 Å². The number of carbonyl (C=O) groups excluding carboxylic acids is 1. The number of aromatic nitrogens is 2. The number of benzene rings is 2. The maximum atomic E-state index is 12.3. The molecule has 1 atom stereocenters. The smallest absolute Gasteiger partial charge is 0.222 e. The zero-order valence-corrected chi connectivity index (χ0v) is 17.5. The molecular weight excluding hydrogens is 398 g/mol. The van der Waals surface area contributed by atoms with Crippen molar-refractivity contribution >= 4 is 34.2 Å². The Labute approximate surface area is 180 Å². The van der Waals surface area contributed by atoms with Crippen LogP contribution in [0.1, 0.15) is 19.8 Å². The maximum absolute atomic E-state index is 12.3. The quantitative estimate of drug-likeness (QED) is 0.630. The van der Waals surface area contributed by atoms with E-state index in [1.807, 2.05) is 54.3 Å². The number of rotatable bonds is 4. The molecule has 1 aromatic heterocycles. The lowest BCUT2D eigenvalue weighted by atomic mass is 10.0. The lowest BCUT2D eigenvalue weighted by Gasteiger charge is -2.41. The summed E-state index contributed by atoms with van der Waals surface area (Å²) >= 11 is 6.64. The Balaban J connectivity index is 1.70. The molecule has 1 saturated heterocycles. The van der Waals surface area contributed by atoms with Crippen LogP contribution in [0.3, 0.4) is 0 Å². The van der Waals surface area contributed by atoms with Gasteiger partial charge in [0.1, 0.15) is 12.1 Å². The number of piperazine rings is 1. The first-order valence-electron chi connectivity index (χ1n) is 10.0. The molecule has 3 aromatic rings. The normalized spacial score (nSPS) is 16.5. The second kappa shape index (κ2) is 8.68. The van der Waals surface area contributed by atoms with Gasteiger partial charge in [0.25, 0.3) is 0 Å². The molecule has 0 spiro atoms. The van der Waals surface area contributed by atoms with Gasteiger partial charge in [0, 0.05) is 42.0 Å². The summed E-state index contributed by atoms with van der Waals surface area (Å²) in [5, 5.41) is 10.8. The number of anilines is 1. The Hall–Kier alpha value is -3.17. The third-order valence-electron chi connectivity index (χ3n) is 5.52. The molecule has 0 saturated carbocycles. The van der Waals surface area contributed by atoms with Gasteiger partial charge in [0.05, 0.1) is 24.0 Å². The number of halogens is 1. The van der Waals surface area contributed by atoms with Gasteiger partial charge in [0.15, 0.2) is 0 Å². The standard InChI is InChI=1S/C23H22ClN5O/c1-2-22(30)29-11-10-28(14-17(29)8-9-25)23-19-12-20(24)18(13-21(19)26-15-27-23)16-6-4-3-5-7-16/h3-7,12-13,15,17H,2,8,10-11,14H2,1H3. The number of amides is 1. The highest BCUT2D eigenvalue weighted by molar-refractivity contribution is 6.34. The van der Waals surface area contributed by atoms with Gasteiger partial charge in [-0.25, -0.2) is 9.97 Å². The fraction of sp³-hybridized carbons (Fsp3) is 0.304. The highest BCUT2D eigenvalue weighted by Crippen LogP contribution is 2.35. The fourth-order valence-corrected chi connectivity index (χ4v) is 4.29. The van der Waals surface area contributed by atoms with Gasteiger partial charge in [-0.1, -0.05) is 48.9 Å². The second-order valence-corrected chi connectivity index (χ2v) is 7.72. The summed E-state index contributed by atoms with van der Waals surface area (Å²) in [6.07, 6.45) is 2.30. The van der Waals surface area contributed by atoms with E-state index in [0.717, 1.165) is 27.8 Å². The largest absolute Gasteiger partial charge is 0.352 e. The van der Waals surface area contributed by atoms with Crippen LogP contribution in [0, 0.1) is 11.3 Å². The van der Waals surface area contributed by atoms with Gasteiger partial charge in [-0.3, -0.25) is 4.79 Å². The molecule has 2 aromatic carbocycles. The molecule has 4 rings (SSSR count). The Bertz CT molecular complexity index is 1110. The molecule has 0 radical (unpaired) electrons. The van der Waals surface area contributed by atoms with Crippen molar-refractivity contribution in [3.8, 4) is 17.2 Å². The van der Waals surface area contributed by atoms with E-state index in [2.05, 4.69) is 20.9 Å². The topological polar surface area (TPSA) is 73.1 Å². The third kappa shape index (κ3) is 3.81. The number of nitriles is 1. The summed E-state index contributed by atoms with van der Waals surface area (Å²) in [4.78, 5) is 25.2. The minimum atomic E-state index is -0.153. The number of fused-ring (bicyclic) bond motifs is 1. The first-order chi connectivity index (χ1) is 14.6. The van der Waals surface area contributed by atoms with Gasteiger partial charge in [-0.15, -0.1) is 0 Å². The molecule has 1 fully saturated rings. The van der Waals surface area contributed by atoms with Crippen molar-refractivity contribution in [3.05, 3.63) is 53.8 Å². The monoisotopic (exact) mass is 419 g/mol. The number of nitrogens with zero attached hydrogens (tertiary/aromatic N) is 5. The lowest BCUT2D eigenvalue weighted by Crippen LogP contribution is -2.55. The van der Waals surface area contributed by atoms with Crippen molar-refractivity contribution in [1.82, 2.24) is 14.9 Å². The zero-order chi connectivity index (χ0) is 21.1. The average Bonchev–Trinajstić information content (AvgIpc) is 2.78. The van der Waals surface area contributed by atoms with Gasteiger partial charge >= 0.3 is 0 Å². The maximum Gasteiger partial charge on any atom is 0.222 e. The van der Waals surface area contributed by atoms with Crippen LogP contribution in [-0.4, -0.2) is 46.5 Å². The van der Waals surface area contributed by atoms with Crippen molar-refractivity contribution in [2.75, 3.05) is 24.5 Å². The third-order valence-corrected chi connectivity index (χ3v) is 5.83. The Morgan fingerprint density at radius 1 is 1.23 bits per heavy atom. The first-order valence-corrected chi connectivity index (χ1v) is 10.4. The minimum absolute atomic E-state index is 0.0815. The van der Waals surface area contributed by atoms with Crippen molar-refractivity contribution < 1.29 is 4.79 Å². The Morgan fingerprint density at radius 3 is 2.77 bits per heavy atom. The molecule has 6 nitrogen and oxygen atoms in total. The van der Waals surface area contributed by atoms with Gasteiger partial charge < -0.3 is 9.80 Å². The van der Waals surface area contributed by atoms with E-state index in [1.54, 1.807) is 6.33 Å². The fourth-order valence-electron chi connectivity index (χ4n) is 4.01. The highest BCUT2D eigenvalue weighted by Gasteiger charge is 2.31. The molecule has 0 aliphatic carbocycles. The van der Waals surface area contributed by atoms with E-state index in [9.17, 15) is 10.1 Å². The Kier molecular flexibility index (Phi) is 5.82. The average molecular weight is 420 g/mol. The van der Waals surface area contributed by atoms with E-state index >= 15 is 0 Å². The highest BCUT2D eigenvalue weighted by atomic mass is 35.5. The Morgan fingerprint density at radius 2 is 2.03 bits per heavy atom. The van der Waals surface area contributed by atoms with Crippen molar-refractivity contribution in [3.63, 3.8) is 0 Å². The summed E-state index contributed by atoms with van der Waals surface area (Å²) < 4.78 is 0. The molecule has 0 N–H and O–H groups in total. The first kappa shape index (κ1) is 20.1. The minimum Gasteiger partial charge on any atom is -0.352 e. The molecule has 1 unspecified atom stereocenters. The van der Waals surface area contributed by atoms with Crippen LogP contribution in [0.5, 0.6) is 0 Å². The molecule has 30 heavy (non-hydrogen) atoms. The molecule has 1 amide bonds. The van der Waals surface area contributed by atoms with Gasteiger partial charge in [-0.2, -0.15) is 5.26 Å². The van der Waals surface area contributed by atoms with Crippen molar-refractivity contribution in [1.29, 1.82) is 5.26 Å². The predicted molar refractivity (Wildman–Crippen MR) is 118 cm³/mol. The molecule has 0 bridgehead atoms. The second-order valence-electron chi connectivity index (χ2n) is 7.32. The van der Waals surface area contributed by atoms with E-state index < -0.39 is 0 Å². The van der Waals surface area contributed by atoms with E-state index in [0.29, 0.717) is 37.5 Å². The van der Waals surface area contributed by atoms with Crippen LogP contribution in [0.2, 0.25) is 5.02 Å². The van der Waals surface area contributed by atoms with Crippen LogP contribution in [-0.2, 0) is 4.79 Å². The van der Waals surface area contributed by atoms with Crippen LogP contribution in [0.15, 0.2) is 48.8 Å². The van der Waals surface area contributed by atoms with Gasteiger partial charge in [0.2, 0.25) is 5.91 Å². The SMILES string of the molecule is CCC(=O)N1CCN(c2ncnc3cc(-c4ccccc4)c(Cl)cc23)CC1CC#N. The summed E-state index contributed by atoms with van der Waals surface area (Å²) in [6, 6.07) is 15.9. The molecule has 1 aliphatic heterocycles. The summed E-state index contributed by atoms with van der Waals surface area (Å²) in [7, 11) is 0. The van der Waals surface area contributed by atoms with E-state index in [1.165, 1.54) is 0 Å². The number of hydrogen-bond donors (Lipinski definition) is 0. The van der Waals surface area contributed by atoms with Gasteiger partial charge in [-0.05, 0) is 17.7 Å². The molecule has 7 heteroatoms. The molecule has 152 valence electrons. The summed E-state index contributed by atoms with van der Waals surface area (Å²) in [5.41, 5.74) is 2.77. The molecular formula is C23H22ClN5O. The molecule has 2 heterocycles. The van der Waals surface area contributed by atoms with Crippen molar-refractivity contribution in [2.45, 2.75) is 25.8 Å². The number of hydrogen-bond acceptors (Lipinski definition) is 5. The van der Waals surface area contributed by atoms with E-state index in [4.69, 9.17) is 11.6 Å². The predicted octanol–water partition coefficient (Wildman–Crippen LogP) is 4.29. The number of carbonyl (C=O) groups is 1. The van der Waals surface area contributed by atoms with Crippen LogP contribution >= 0.6 is 11.6 Å². The van der Waals surface area contributed by atoms with E-state index in [-0.39, 0.29) is 11.9 Å². The van der Waals surface area contributed by atoms with Crippen LogP contribution < -0.4 is 4.90 Å². The summed E-state index contributed by atoms with van der Waals surface area (Å²) in [5.74, 6) is 0.867.